The highest BCUT2D eigenvalue weighted by Crippen LogP contribution is 2.45. The molecule has 0 saturated heterocycles. The lowest BCUT2D eigenvalue weighted by molar-refractivity contribution is 0.748. The van der Waals surface area contributed by atoms with E-state index in [-0.39, 0.29) is 5.92 Å². The van der Waals surface area contributed by atoms with Gasteiger partial charge >= 0.3 is 0 Å². The third-order valence-electron chi connectivity index (χ3n) is 8.18. The summed E-state index contributed by atoms with van der Waals surface area (Å²) in [6, 6.07) is 38.0. The minimum Gasteiger partial charge on any atom is -0.296 e. The van der Waals surface area contributed by atoms with Gasteiger partial charge in [-0.05, 0) is 31.0 Å². The Morgan fingerprint density at radius 2 is 1.48 bits per heavy atom. The fraction of sp³-hybridized carbons (Fsp3) is 0.108. The van der Waals surface area contributed by atoms with Gasteiger partial charge in [-0.15, -0.1) is 11.3 Å². The van der Waals surface area contributed by atoms with Crippen LogP contribution in [0.3, 0.4) is 0 Å². The molecule has 0 aliphatic heterocycles. The van der Waals surface area contributed by atoms with E-state index in [1.165, 1.54) is 21.3 Å². The molecule has 5 heteroatoms. The lowest BCUT2D eigenvalue weighted by atomic mass is 9.92. The summed E-state index contributed by atoms with van der Waals surface area (Å²) in [5, 5.41) is 2.38. The van der Waals surface area contributed by atoms with Crippen molar-refractivity contribution in [3.8, 4) is 28.5 Å². The van der Waals surface area contributed by atoms with Gasteiger partial charge in [0.15, 0.2) is 5.82 Å². The van der Waals surface area contributed by atoms with Crippen LogP contribution >= 0.6 is 11.3 Å². The molecule has 202 valence electrons. The Hall–Kier alpha value is -4.87. The molecule has 3 heterocycles. The Morgan fingerprint density at radius 3 is 2.26 bits per heavy atom. The molecule has 1 atom stereocenters. The first-order chi connectivity index (χ1) is 20.8. The first-order valence-electron chi connectivity index (χ1n) is 14.5. The van der Waals surface area contributed by atoms with Gasteiger partial charge in [-0.3, -0.25) is 4.57 Å². The second-order valence-electron chi connectivity index (χ2n) is 10.6. The van der Waals surface area contributed by atoms with Crippen LogP contribution in [0.15, 0.2) is 115 Å². The minimum atomic E-state index is 0.120. The van der Waals surface area contributed by atoms with E-state index in [0.29, 0.717) is 0 Å². The number of aromatic nitrogens is 4. The molecule has 0 fully saturated rings. The van der Waals surface area contributed by atoms with Crippen LogP contribution in [-0.2, 0) is 6.42 Å². The summed E-state index contributed by atoms with van der Waals surface area (Å²) in [7, 11) is 0. The van der Waals surface area contributed by atoms with E-state index in [1.807, 2.05) is 6.07 Å². The maximum Gasteiger partial charge on any atom is 0.162 e. The van der Waals surface area contributed by atoms with Crippen LogP contribution in [0.4, 0.5) is 0 Å². The topological polar surface area (TPSA) is 43.6 Å². The van der Waals surface area contributed by atoms with Gasteiger partial charge in [0.1, 0.15) is 10.8 Å². The van der Waals surface area contributed by atoms with Crippen LogP contribution in [0, 0.1) is 0 Å². The Bertz CT molecular complexity index is 2070. The fourth-order valence-corrected chi connectivity index (χ4v) is 7.34. The molecule has 8 rings (SSSR count). The number of fused-ring (bicyclic) bond motifs is 4. The van der Waals surface area contributed by atoms with Gasteiger partial charge in [-0.25, -0.2) is 15.0 Å². The number of allylic oxidation sites excluding steroid dienone is 1. The number of para-hydroxylation sites is 2. The van der Waals surface area contributed by atoms with E-state index in [1.54, 1.807) is 11.3 Å². The van der Waals surface area contributed by atoms with Gasteiger partial charge in [-0.1, -0.05) is 110 Å². The zero-order valence-corrected chi connectivity index (χ0v) is 24.1. The predicted octanol–water partition coefficient (Wildman–Crippen LogP) is 9.48. The summed E-state index contributed by atoms with van der Waals surface area (Å²) in [6.07, 6.45) is 6.30. The number of hydrogen-bond donors (Lipinski definition) is 0. The second kappa shape index (κ2) is 10.2. The lowest BCUT2D eigenvalue weighted by Crippen LogP contribution is -2.15. The Kier molecular flexibility index (Phi) is 6.04. The van der Waals surface area contributed by atoms with Gasteiger partial charge in [0.2, 0.25) is 0 Å². The number of hydrogen-bond acceptors (Lipinski definition) is 4. The minimum absolute atomic E-state index is 0.120. The van der Waals surface area contributed by atoms with Crippen molar-refractivity contribution in [1.29, 1.82) is 0 Å². The van der Waals surface area contributed by atoms with Crippen LogP contribution in [-0.4, -0.2) is 19.5 Å². The Balaban J connectivity index is 1.46. The molecular weight excluding hydrogens is 533 g/mol. The summed E-state index contributed by atoms with van der Waals surface area (Å²) in [6.45, 7) is 2.21. The zero-order valence-electron chi connectivity index (χ0n) is 23.2. The third kappa shape index (κ3) is 4.00. The maximum absolute atomic E-state index is 5.38. The van der Waals surface area contributed by atoms with E-state index in [0.717, 1.165) is 62.9 Å². The van der Waals surface area contributed by atoms with Crippen molar-refractivity contribution in [3.05, 3.63) is 137 Å². The molecule has 1 aliphatic carbocycles. The SMILES string of the molecule is CCc1c(-c2ccccc2)nc(-c2ccccc2)nc1-n1c2c(c3ccccc31)C=CCC2c1nc2ccccc2s1. The van der Waals surface area contributed by atoms with Crippen molar-refractivity contribution in [2.24, 2.45) is 0 Å². The van der Waals surface area contributed by atoms with Crippen LogP contribution in [0.25, 0.3) is 55.7 Å². The summed E-state index contributed by atoms with van der Waals surface area (Å²) in [5.74, 6) is 1.80. The highest BCUT2D eigenvalue weighted by atomic mass is 32.1. The summed E-state index contributed by atoms with van der Waals surface area (Å²) >= 11 is 1.80. The fourth-order valence-electron chi connectivity index (χ4n) is 6.26. The van der Waals surface area contributed by atoms with Crippen LogP contribution in [0.1, 0.15) is 41.1 Å². The van der Waals surface area contributed by atoms with E-state index < -0.39 is 0 Å². The normalized spacial score (nSPS) is 14.5. The Labute approximate surface area is 248 Å². The molecule has 0 N–H and O–H groups in total. The van der Waals surface area contributed by atoms with Crippen LogP contribution < -0.4 is 0 Å². The quantitative estimate of drug-likeness (QED) is 0.211. The number of thiazole rings is 1. The molecule has 1 unspecified atom stereocenters. The van der Waals surface area contributed by atoms with Crippen molar-refractivity contribution in [2.45, 2.75) is 25.7 Å². The molecule has 0 spiro atoms. The average Bonchev–Trinajstić information content (AvgIpc) is 3.64. The summed E-state index contributed by atoms with van der Waals surface area (Å²) in [5.41, 5.74) is 8.96. The van der Waals surface area contributed by atoms with Crippen LogP contribution in [0.2, 0.25) is 0 Å². The molecular formula is C37H28N4S. The summed E-state index contributed by atoms with van der Waals surface area (Å²) in [4.78, 5) is 15.7. The zero-order chi connectivity index (χ0) is 28.0. The molecule has 3 aromatic heterocycles. The summed E-state index contributed by atoms with van der Waals surface area (Å²) < 4.78 is 3.64. The third-order valence-corrected chi connectivity index (χ3v) is 9.33. The molecule has 4 aromatic carbocycles. The first kappa shape index (κ1) is 24.9. The van der Waals surface area contributed by atoms with E-state index in [2.05, 4.69) is 127 Å². The second-order valence-corrected chi connectivity index (χ2v) is 11.7. The number of nitrogens with zero attached hydrogens (tertiary/aromatic N) is 4. The standard InChI is InChI=1S/C37H28N4S/c1-2-26-33(24-14-5-3-6-15-24)39-35(25-16-7-4-8-17-25)40-36(26)41-31-22-11-9-18-27(31)28-19-13-20-29(34(28)41)37-38-30-21-10-12-23-32(30)42-37/h3-19,21-23,29H,2,20H2,1H3. The highest BCUT2D eigenvalue weighted by Gasteiger charge is 2.31. The van der Waals surface area contributed by atoms with Crippen molar-refractivity contribution in [2.75, 3.05) is 0 Å². The van der Waals surface area contributed by atoms with Gasteiger partial charge in [-0.2, -0.15) is 0 Å². The molecule has 42 heavy (non-hydrogen) atoms. The molecule has 4 nitrogen and oxygen atoms in total. The van der Waals surface area contributed by atoms with Crippen LogP contribution in [0.5, 0.6) is 0 Å². The van der Waals surface area contributed by atoms with Crippen molar-refractivity contribution in [3.63, 3.8) is 0 Å². The first-order valence-corrected chi connectivity index (χ1v) is 15.3. The number of benzene rings is 4. The largest absolute Gasteiger partial charge is 0.296 e. The van der Waals surface area contributed by atoms with Gasteiger partial charge < -0.3 is 0 Å². The monoisotopic (exact) mass is 560 g/mol. The number of rotatable bonds is 5. The molecule has 0 radical (unpaired) electrons. The van der Waals surface area contributed by atoms with Gasteiger partial charge in [0.05, 0.1) is 27.3 Å². The molecule has 0 amide bonds. The van der Waals surface area contributed by atoms with E-state index >= 15 is 0 Å². The van der Waals surface area contributed by atoms with Crippen molar-refractivity contribution in [1.82, 2.24) is 19.5 Å². The molecule has 7 aromatic rings. The predicted molar refractivity (Wildman–Crippen MR) is 174 cm³/mol. The molecule has 0 saturated carbocycles. The highest BCUT2D eigenvalue weighted by molar-refractivity contribution is 7.18. The van der Waals surface area contributed by atoms with Crippen molar-refractivity contribution < 1.29 is 0 Å². The van der Waals surface area contributed by atoms with E-state index in [9.17, 15) is 0 Å². The molecule has 0 bridgehead atoms. The Morgan fingerprint density at radius 1 is 0.762 bits per heavy atom. The maximum atomic E-state index is 5.38. The van der Waals surface area contributed by atoms with Crippen molar-refractivity contribution >= 4 is 38.5 Å². The smallest absolute Gasteiger partial charge is 0.162 e. The average molecular weight is 561 g/mol. The van der Waals surface area contributed by atoms with Gasteiger partial charge in [0, 0.05) is 33.3 Å². The van der Waals surface area contributed by atoms with E-state index in [4.69, 9.17) is 15.0 Å². The molecule has 1 aliphatic rings. The lowest BCUT2D eigenvalue weighted by Gasteiger charge is -2.23. The van der Waals surface area contributed by atoms with Gasteiger partial charge in [0.25, 0.3) is 0 Å².